The van der Waals surface area contributed by atoms with Gasteiger partial charge in [-0.15, -0.1) is 0 Å². The molecule has 2 fully saturated rings. The average molecular weight is 344 g/mol. The van der Waals surface area contributed by atoms with Gasteiger partial charge in [-0.25, -0.2) is 0 Å². The Morgan fingerprint density at radius 3 is 2.61 bits per heavy atom. The topological polar surface area (TPSA) is 58.0 Å². The summed E-state index contributed by atoms with van der Waals surface area (Å²) < 4.78 is 4.94. The van der Waals surface area contributed by atoms with E-state index in [0.717, 1.165) is 31.3 Å². The molecular weight excluding hydrogens is 312 g/mol. The summed E-state index contributed by atoms with van der Waals surface area (Å²) in [6.45, 7) is 5.48. The van der Waals surface area contributed by atoms with E-state index in [9.17, 15) is 4.79 Å². The van der Waals surface area contributed by atoms with Crippen LogP contribution in [0.5, 0.6) is 0 Å². The molecule has 0 aromatic carbocycles. The lowest BCUT2D eigenvalue weighted by atomic mass is 9.96. The normalized spacial score (nSPS) is 20.3. The van der Waals surface area contributed by atoms with E-state index in [1.807, 2.05) is 0 Å². The maximum Gasteiger partial charge on any atom is 0.275 e. The van der Waals surface area contributed by atoms with Crippen LogP contribution in [0.2, 0.25) is 0 Å². The first-order valence-corrected chi connectivity index (χ1v) is 9.24. The van der Waals surface area contributed by atoms with Crippen LogP contribution in [0.3, 0.4) is 0 Å². The highest BCUT2D eigenvalue weighted by molar-refractivity contribution is 7.80. The fraction of sp³-hybridized carbons (Fsp3) is 0.875. The van der Waals surface area contributed by atoms with E-state index in [0.29, 0.717) is 25.7 Å². The molecule has 7 heteroatoms. The van der Waals surface area contributed by atoms with Crippen molar-refractivity contribution in [2.75, 3.05) is 53.0 Å². The van der Waals surface area contributed by atoms with Gasteiger partial charge in [0, 0.05) is 19.7 Å². The zero-order valence-corrected chi connectivity index (χ0v) is 15.1. The van der Waals surface area contributed by atoms with Crippen molar-refractivity contribution in [3.8, 4) is 0 Å². The molecule has 0 spiro atoms. The minimum Gasteiger partial charge on any atom is -0.383 e. The quantitative estimate of drug-likeness (QED) is 0.434. The molecular formula is C16H31N4O2S+. The van der Waals surface area contributed by atoms with Crippen molar-refractivity contribution in [2.45, 2.75) is 38.1 Å². The monoisotopic (exact) mass is 343 g/mol. The minimum atomic E-state index is 0.105. The summed E-state index contributed by atoms with van der Waals surface area (Å²) in [6, 6.07) is 0.563. The average Bonchev–Trinajstić information content (AvgIpc) is 2.56. The SMILES string of the molecule is COCCNC(=O)C[NH+]1CCN(C(=S)NC2CCCCC2)CC1. The Morgan fingerprint density at radius 1 is 1.26 bits per heavy atom. The first-order chi connectivity index (χ1) is 11.2. The summed E-state index contributed by atoms with van der Waals surface area (Å²) >= 11 is 5.56. The van der Waals surface area contributed by atoms with Crippen molar-refractivity contribution in [2.24, 2.45) is 0 Å². The zero-order chi connectivity index (χ0) is 16.5. The van der Waals surface area contributed by atoms with E-state index in [-0.39, 0.29) is 5.91 Å². The Hall–Kier alpha value is -0.920. The standard InChI is InChI=1S/C16H30N4O2S/c1-22-12-7-17-15(21)13-19-8-10-20(11-9-19)16(23)18-14-5-3-2-4-6-14/h14H,2-13H2,1H3,(H,17,21)(H,18,23)/p+1. The number of amides is 1. The summed E-state index contributed by atoms with van der Waals surface area (Å²) in [4.78, 5) is 15.4. The number of carbonyl (C=O) groups is 1. The van der Waals surface area contributed by atoms with Crippen molar-refractivity contribution >= 4 is 23.2 Å². The third kappa shape index (κ3) is 6.61. The number of ether oxygens (including phenoxy) is 1. The predicted octanol–water partition coefficient (Wildman–Crippen LogP) is -0.843. The van der Waals surface area contributed by atoms with Gasteiger partial charge in [0.15, 0.2) is 11.7 Å². The molecule has 2 rings (SSSR count). The highest BCUT2D eigenvalue weighted by Crippen LogP contribution is 2.17. The van der Waals surface area contributed by atoms with Gasteiger partial charge in [0.25, 0.3) is 5.91 Å². The molecule has 23 heavy (non-hydrogen) atoms. The van der Waals surface area contributed by atoms with Crippen molar-refractivity contribution in [3.05, 3.63) is 0 Å². The number of methoxy groups -OCH3 is 1. The van der Waals surface area contributed by atoms with E-state index in [2.05, 4.69) is 15.5 Å². The third-order valence-corrected chi connectivity index (χ3v) is 5.11. The predicted molar refractivity (Wildman–Crippen MR) is 94.6 cm³/mol. The van der Waals surface area contributed by atoms with Gasteiger partial charge in [-0.2, -0.15) is 0 Å². The Morgan fingerprint density at radius 2 is 1.96 bits per heavy atom. The molecule has 2 aliphatic rings. The number of quaternary nitrogens is 1. The van der Waals surface area contributed by atoms with Crippen LogP contribution >= 0.6 is 12.2 Å². The molecule has 0 atom stereocenters. The van der Waals surface area contributed by atoms with Gasteiger partial charge in [-0.05, 0) is 25.1 Å². The smallest absolute Gasteiger partial charge is 0.275 e. The van der Waals surface area contributed by atoms with Gasteiger partial charge in [0.2, 0.25) is 0 Å². The van der Waals surface area contributed by atoms with Crippen molar-refractivity contribution in [1.82, 2.24) is 15.5 Å². The molecule has 3 N–H and O–H groups in total. The Labute approximate surface area is 144 Å². The molecule has 1 saturated carbocycles. The number of piperazine rings is 1. The molecule has 0 aromatic heterocycles. The number of hydrogen-bond acceptors (Lipinski definition) is 3. The number of nitrogens with one attached hydrogen (secondary N) is 3. The second-order valence-corrected chi connectivity index (χ2v) is 6.93. The molecule has 6 nitrogen and oxygen atoms in total. The lowest BCUT2D eigenvalue weighted by molar-refractivity contribution is -0.895. The van der Waals surface area contributed by atoms with Gasteiger partial charge in [0.05, 0.1) is 32.8 Å². The molecule has 132 valence electrons. The summed E-state index contributed by atoms with van der Waals surface area (Å²) in [5.74, 6) is 0.105. The summed E-state index contributed by atoms with van der Waals surface area (Å²) in [6.07, 6.45) is 6.48. The Balaban J connectivity index is 1.62. The van der Waals surface area contributed by atoms with Crippen LogP contribution in [-0.4, -0.2) is 74.9 Å². The van der Waals surface area contributed by atoms with Gasteiger partial charge in [-0.3, -0.25) is 4.79 Å². The summed E-state index contributed by atoms with van der Waals surface area (Å²) in [7, 11) is 1.64. The molecule has 0 radical (unpaired) electrons. The Bertz CT molecular complexity index is 380. The maximum atomic E-state index is 11.8. The molecule has 1 saturated heterocycles. The number of hydrogen-bond donors (Lipinski definition) is 3. The van der Waals surface area contributed by atoms with Crippen LogP contribution in [0.15, 0.2) is 0 Å². The van der Waals surface area contributed by atoms with Gasteiger partial charge >= 0.3 is 0 Å². The Kier molecular flexibility index (Phi) is 8.05. The second kappa shape index (κ2) is 10.1. The van der Waals surface area contributed by atoms with E-state index >= 15 is 0 Å². The molecule has 1 heterocycles. The van der Waals surface area contributed by atoms with E-state index in [1.165, 1.54) is 37.0 Å². The lowest BCUT2D eigenvalue weighted by Gasteiger charge is -2.35. The van der Waals surface area contributed by atoms with Crippen LogP contribution in [-0.2, 0) is 9.53 Å². The molecule has 0 unspecified atom stereocenters. The summed E-state index contributed by atoms with van der Waals surface area (Å²) in [5.41, 5.74) is 0. The van der Waals surface area contributed by atoms with Gasteiger partial charge in [-0.1, -0.05) is 19.3 Å². The third-order valence-electron chi connectivity index (χ3n) is 4.73. The van der Waals surface area contributed by atoms with Crippen LogP contribution in [0, 0.1) is 0 Å². The molecule has 0 bridgehead atoms. The number of carbonyl (C=O) groups excluding carboxylic acids is 1. The highest BCUT2D eigenvalue weighted by atomic mass is 32.1. The number of rotatable bonds is 6. The second-order valence-electron chi connectivity index (χ2n) is 6.54. The first kappa shape index (κ1) is 18.4. The van der Waals surface area contributed by atoms with Crippen molar-refractivity contribution in [3.63, 3.8) is 0 Å². The molecule has 1 amide bonds. The van der Waals surface area contributed by atoms with Crippen LogP contribution in [0.4, 0.5) is 0 Å². The fourth-order valence-electron chi connectivity index (χ4n) is 3.30. The number of thiocarbonyl (C=S) groups is 1. The highest BCUT2D eigenvalue weighted by Gasteiger charge is 2.24. The molecule has 0 aromatic rings. The van der Waals surface area contributed by atoms with E-state index in [4.69, 9.17) is 17.0 Å². The molecule has 1 aliphatic carbocycles. The first-order valence-electron chi connectivity index (χ1n) is 8.83. The number of nitrogens with zero attached hydrogens (tertiary/aromatic N) is 1. The summed E-state index contributed by atoms with van der Waals surface area (Å²) in [5, 5.41) is 7.32. The van der Waals surface area contributed by atoms with Crippen molar-refractivity contribution < 1.29 is 14.4 Å². The van der Waals surface area contributed by atoms with Crippen molar-refractivity contribution in [1.29, 1.82) is 0 Å². The van der Waals surface area contributed by atoms with E-state index < -0.39 is 0 Å². The van der Waals surface area contributed by atoms with Crippen LogP contribution in [0.25, 0.3) is 0 Å². The maximum absolute atomic E-state index is 11.8. The minimum absolute atomic E-state index is 0.105. The fourth-order valence-corrected chi connectivity index (χ4v) is 3.65. The van der Waals surface area contributed by atoms with Crippen LogP contribution < -0.4 is 15.5 Å². The zero-order valence-electron chi connectivity index (χ0n) is 14.2. The van der Waals surface area contributed by atoms with Crippen LogP contribution in [0.1, 0.15) is 32.1 Å². The largest absolute Gasteiger partial charge is 0.383 e. The van der Waals surface area contributed by atoms with Gasteiger partial charge < -0.3 is 25.2 Å². The lowest BCUT2D eigenvalue weighted by Crippen LogP contribution is -3.16. The van der Waals surface area contributed by atoms with E-state index in [1.54, 1.807) is 7.11 Å². The molecule has 1 aliphatic heterocycles. The van der Waals surface area contributed by atoms with Gasteiger partial charge in [0.1, 0.15) is 0 Å².